The highest BCUT2D eigenvalue weighted by molar-refractivity contribution is 9.09. The van der Waals surface area contributed by atoms with Crippen LogP contribution in [0.1, 0.15) is 47.0 Å². The average molecular weight is 319 g/mol. The van der Waals surface area contributed by atoms with Gasteiger partial charge in [0, 0.05) is 5.33 Å². The lowest BCUT2D eigenvalue weighted by atomic mass is 9.66. The van der Waals surface area contributed by atoms with Crippen LogP contribution in [0.3, 0.4) is 0 Å². The molecule has 2 saturated carbocycles. The van der Waals surface area contributed by atoms with E-state index in [1.165, 1.54) is 19.3 Å². The summed E-state index contributed by atoms with van der Waals surface area (Å²) < 4.78 is 12.0. The molecule has 0 amide bonds. The summed E-state index contributed by atoms with van der Waals surface area (Å²) in [6, 6.07) is 0. The van der Waals surface area contributed by atoms with E-state index in [9.17, 15) is 0 Å². The van der Waals surface area contributed by atoms with Gasteiger partial charge >= 0.3 is 0 Å². The van der Waals surface area contributed by atoms with Crippen molar-refractivity contribution in [3.8, 4) is 0 Å². The van der Waals surface area contributed by atoms with Gasteiger partial charge in [0.15, 0.2) is 0 Å². The lowest BCUT2D eigenvalue weighted by Gasteiger charge is -2.48. The molecule has 2 nitrogen and oxygen atoms in total. The molecule has 0 saturated heterocycles. The summed E-state index contributed by atoms with van der Waals surface area (Å²) in [5.41, 5.74) is 0.313. The Kier molecular flexibility index (Phi) is 4.45. The van der Waals surface area contributed by atoms with E-state index in [-0.39, 0.29) is 11.0 Å². The zero-order valence-corrected chi connectivity index (χ0v) is 13.8. The number of rotatable bonds is 6. The highest BCUT2D eigenvalue weighted by Gasteiger charge is 2.63. The Hall–Kier alpha value is 0.400. The molecule has 3 atom stereocenters. The topological polar surface area (TPSA) is 18.5 Å². The standard InChI is InChI=1S/C15H27BrO2/c1-11(2)17-7-8-18-15(10-16)13-6-5-12(9-13)14(15,3)4/h11-13H,5-10H2,1-4H3. The molecule has 0 radical (unpaired) electrons. The number of ether oxygens (including phenoxy) is 2. The summed E-state index contributed by atoms with van der Waals surface area (Å²) in [5.74, 6) is 1.57. The van der Waals surface area contributed by atoms with E-state index in [1.54, 1.807) is 0 Å². The van der Waals surface area contributed by atoms with Crippen LogP contribution in [0.4, 0.5) is 0 Å². The highest BCUT2D eigenvalue weighted by Crippen LogP contribution is 2.63. The molecule has 18 heavy (non-hydrogen) atoms. The molecule has 106 valence electrons. The first kappa shape index (κ1) is 14.8. The van der Waals surface area contributed by atoms with E-state index >= 15 is 0 Å². The minimum Gasteiger partial charge on any atom is -0.376 e. The van der Waals surface area contributed by atoms with Crippen molar-refractivity contribution in [3.63, 3.8) is 0 Å². The Labute approximate surface area is 120 Å². The predicted molar refractivity (Wildman–Crippen MR) is 78.2 cm³/mol. The molecule has 0 spiro atoms. The van der Waals surface area contributed by atoms with Crippen LogP contribution < -0.4 is 0 Å². The van der Waals surface area contributed by atoms with Crippen molar-refractivity contribution in [2.45, 2.75) is 58.7 Å². The Balaban J connectivity index is 1.98. The molecule has 2 aliphatic carbocycles. The van der Waals surface area contributed by atoms with Crippen molar-refractivity contribution < 1.29 is 9.47 Å². The smallest absolute Gasteiger partial charge is 0.0861 e. The van der Waals surface area contributed by atoms with E-state index in [0.29, 0.717) is 12.7 Å². The van der Waals surface area contributed by atoms with Crippen molar-refractivity contribution in [2.75, 3.05) is 18.5 Å². The first-order valence-electron chi connectivity index (χ1n) is 7.25. The van der Waals surface area contributed by atoms with Crippen LogP contribution >= 0.6 is 15.9 Å². The summed E-state index contributed by atoms with van der Waals surface area (Å²) in [6.45, 7) is 10.3. The summed E-state index contributed by atoms with van der Waals surface area (Å²) in [4.78, 5) is 0. The van der Waals surface area contributed by atoms with Gasteiger partial charge in [-0.25, -0.2) is 0 Å². The summed E-state index contributed by atoms with van der Waals surface area (Å²) in [7, 11) is 0. The van der Waals surface area contributed by atoms with Crippen molar-refractivity contribution in [1.82, 2.24) is 0 Å². The van der Waals surface area contributed by atoms with E-state index in [1.807, 2.05) is 0 Å². The average Bonchev–Trinajstić information content (AvgIpc) is 2.85. The molecule has 0 aromatic rings. The number of hydrogen-bond acceptors (Lipinski definition) is 2. The second-order valence-electron chi connectivity index (χ2n) is 6.72. The van der Waals surface area contributed by atoms with Crippen LogP contribution in [0.5, 0.6) is 0 Å². The van der Waals surface area contributed by atoms with Gasteiger partial charge < -0.3 is 9.47 Å². The summed E-state index contributed by atoms with van der Waals surface area (Å²) in [5, 5.41) is 0.954. The Bertz CT molecular complexity index is 290. The number of hydrogen-bond donors (Lipinski definition) is 0. The van der Waals surface area contributed by atoms with E-state index in [4.69, 9.17) is 9.47 Å². The van der Waals surface area contributed by atoms with Crippen LogP contribution in [-0.4, -0.2) is 30.2 Å². The molecule has 0 N–H and O–H groups in total. The molecule has 3 heteroatoms. The van der Waals surface area contributed by atoms with Crippen molar-refractivity contribution in [3.05, 3.63) is 0 Å². The van der Waals surface area contributed by atoms with E-state index in [0.717, 1.165) is 23.8 Å². The fraction of sp³-hybridized carbons (Fsp3) is 1.00. The molecule has 2 aliphatic rings. The van der Waals surface area contributed by atoms with Gasteiger partial charge in [-0.1, -0.05) is 29.8 Å². The first-order chi connectivity index (χ1) is 8.44. The van der Waals surface area contributed by atoms with Crippen LogP contribution in [0.2, 0.25) is 0 Å². The lowest BCUT2D eigenvalue weighted by molar-refractivity contribution is -0.149. The monoisotopic (exact) mass is 318 g/mol. The maximum atomic E-state index is 6.37. The molecule has 0 aliphatic heterocycles. The zero-order chi connectivity index (χ0) is 13.4. The maximum Gasteiger partial charge on any atom is 0.0861 e. The zero-order valence-electron chi connectivity index (χ0n) is 12.2. The van der Waals surface area contributed by atoms with Gasteiger partial charge in [0.05, 0.1) is 24.9 Å². The summed E-state index contributed by atoms with van der Waals surface area (Å²) >= 11 is 3.73. The minimum absolute atomic E-state index is 0.0241. The molecule has 2 bridgehead atoms. The van der Waals surface area contributed by atoms with Crippen LogP contribution in [0.15, 0.2) is 0 Å². The minimum atomic E-state index is 0.0241. The van der Waals surface area contributed by atoms with Crippen molar-refractivity contribution >= 4 is 15.9 Å². The normalized spacial score (nSPS) is 37.7. The SMILES string of the molecule is CC(C)OCCOC1(CBr)C2CCC(C2)C1(C)C. The van der Waals surface area contributed by atoms with Gasteiger partial charge in [-0.05, 0) is 50.4 Å². The molecule has 2 fully saturated rings. The quantitative estimate of drug-likeness (QED) is 0.544. The molecular weight excluding hydrogens is 292 g/mol. The third kappa shape index (κ3) is 2.27. The van der Waals surface area contributed by atoms with Crippen LogP contribution in [0, 0.1) is 17.3 Å². The second kappa shape index (κ2) is 5.41. The number of halogens is 1. The maximum absolute atomic E-state index is 6.37. The van der Waals surface area contributed by atoms with E-state index < -0.39 is 0 Å². The molecule has 2 rings (SSSR count). The number of fused-ring (bicyclic) bond motifs is 2. The van der Waals surface area contributed by atoms with Gasteiger partial charge in [-0.2, -0.15) is 0 Å². The second-order valence-corrected chi connectivity index (χ2v) is 7.28. The van der Waals surface area contributed by atoms with Crippen molar-refractivity contribution in [2.24, 2.45) is 17.3 Å². The van der Waals surface area contributed by atoms with Crippen molar-refractivity contribution in [1.29, 1.82) is 0 Å². The van der Waals surface area contributed by atoms with Crippen LogP contribution in [0.25, 0.3) is 0 Å². The lowest BCUT2D eigenvalue weighted by Crippen LogP contribution is -2.53. The van der Waals surface area contributed by atoms with Crippen LogP contribution in [-0.2, 0) is 9.47 Å². The highest BCUT2D eigenvalue weighted by atomic mass is 79.9. The fourth-order valence-corrected chi connectivity index (χ4v) is 5.41. The Morgan fingerprint density at radius 1 is 1.17 bits per heavy atom. The summed E-state index contributed by atoms with van der Waals surface area (Å²) in [6.07, 6.45) is 4.37. The van der Waals surface area contributed by atoms with Gasteiger partial charge in [0.2, 0.25) is 0 Å². The molecular formula is C15H27BrO2. The van der Waals surface area contributed by atoms with Gasteiger partial charge in [-0.15, -0.1) is 0 Å². The van der Waals surface area contributed by atoms with Gasteiger partial charge in [0.25, 0.3) is 0 Å². The third-order valence-corrected chi connectivity index (χ3v) is 6.13. The fourth-order valence-electron chi connectivity index (χ4n) is 4.06. The molecule has 0 aromatic carbocycles. The molecule has 3 unspecified atom stereocenters. The van der Waals surface area contributed by atoms with E-state index in [2.05, 4.69) is 43.6 Å². The Morgan fingerprint density at radius 3 is 2.33 bits per heavy atom. The largest absolute Gasteiger partial charge is 0.376 e. The van der Waals surface area contributed by atoms with Gasteiger partial charge in [-0.3, -0.25) is 0 Å². The molecule has 0 heterocycles. The van der Waals surface area contributed by atoms with Gasteiger partial charge in [0.1, 0.15) is 0 Å². The molecule has 0 aromatic heterocycles. The third-order valence-electron chi connectivity index (χ3n) is 5.30. The first-order valence-corrected chi connectivity index (χ1v) is 8.37. The number of alkyl halides is 1. The Morgan fingerprint density at radius 2 is 1.83 bits per heavy atom. The predicted octanol–water partition coefficient (Wildman–Crippen LogP) is 4.02.